The van der Waals surface area contributed by atoms with Crippen LogP contribution in [0.1, 0.15) is 43.2 Å². The van der Waals surface area contributed by atoms with Crippen LogP contribution < -0.4 is 5.32 Å². The van der Waals surface area contributed by atoms with Crippen LogP contribution >= 0.6 is 0 Å². The molecule has 3 atom stereocenters. The highest BCUT2D eigenvalue weighted by molar-refractivity contribution is 5.83. The van der Waals surface area contributed by atoms with E-state index in [1.54, 1.807) is 4.90 Å². The smallest absolute Gasteiger partial charge is 0.407 e. The Hall–Kier alpha value is -3.39. The molecule has 0 radical (unpaired) electrons. The monoisotopic (exact) mass is 478 g/mol. The second-order valence-electron chi connectivity index (χ2n) is 9.82. The van der Waals surface area contributed by atoms with E-state index in [0.717, 1.165) is 11.1 Å². The molecule has 184 valence electrons. The summed E-state index contributed by atoms with van der Waals surface area (Å²) in [6, 6.07) is 16.2. The lowest BCUT2D eigenvalue weighted by Gasteiger charge is -2.38. The first-order valence-corrected chi connectivity index (χ1v) is 12.1. The zero-order valence-corrected chi connectivity index (χ0v) is 19.7. The van der Waals surface area contributed by atoms with Crippen LogP contribution in [0.3, 0.4) is 0 Å². The highest BCUT2D eigenvalue weighted by Crippen LogP contribution is 2.44. The number of ether oxygens (including phenoxy) is 2. The highest BCUT2D eigenvalue weighted by atomic mass is 16.5. The van der Waals surface area contributed by atoms with Gasteiger partial charge in [0.2, 0.25) is 5.91 Å². The first kappa shape index (κ1) is 23.4. The number of hydrogen-bond donors (Lipinski definition) is 2. The Bertz CT molecular complexity index is 1100. The van der Waals surface area contributed by atoms with Crippen molar-refractivity contribution in [3.05, 3.63) is 59.7 Å². The Kier molecular flexibility index (Phi) is 6.23. The van der Waals surface area contributed by atoms with Gasteiger partial charge in [-0.15, -0.1) is 0 Å². The Morgan fingerprint density at radius 3 is 2.40 bits per heavy atom. The average molecular weight is 479 g/mol. The highest BCUT2D eigenvalue weighted by Gasteiger charge is 2.43. The molecule has 8 nitrogen and oxygen atoms in total. The number of nitrogens with zero attached hydrogens (tertiary/aromatic N) is 1. The number of carboxylic acids is 1. The summed E-state index contributed by atoms with van der Waals surface area (Å²) in [7, 11) is 0. The van der Waals surface area contributed by atoms with Gasteiger partial charge in [-0.25, -0.2) is 9.59 Å². The molecule has 2 aliphatic carbocycles. The third kappa shape index (κ3) is 4.50. The van der Waals surface area contributed by atoms with Crippen LogP contribution in [-0.4, -0.2) is 65.9 Å². The van der Waals surface area contributed by atoms with Crippen LogP contribution in [0.5, 0.6) is 0 Å². The van der Waals surface area contributed by atoms with Crippen molar-refractivity contribution in [2.24, 2.45) is 5.92 Å². The molecule has 1 aliphatic heterocycles. The number of hydrogen-bond acceptors (Lipinski definition) is 5. The molecule has 1 unspecified atom stereocenters. The lowest BCUT2D eigenvalue weighted by atomic mass is 9.98. The van der Waals surface area contributed by atoms with E-state index in [1.165, 1.54) is 18.1 Å². The van der Waals surface area contributed by atoms with Gasteiger partial charge in [-0.05, 0) is 48.4 Å². The molecule has 2 N–H and O–H groups in total. The van der Waals surface area contributed by atoms with Crippen LogP contribution in [0.25, 0.3) is 11.1 Å². The fourth-order valence-electron chi connectivity index (χ4n) is 5.59. The Balaban J connectivity index is 1.15. The van der Waals surface area contributed by atoms with Gasteiger partial charge in [0.05, 0.1) is 13.2 Å². The number of carbonyl (C=O) groups is 3. The van der Waals surface area contributed by atoms with Crippen molar-refractivity contribution in [2.75, 3.05) is 26.3 Å². The normalized spacial score (nSPS) is 25.6. The fraction of sp³-hybridized carbons (Fsp3) is 0.444. The quantitative estimate of drug-likeness (QED) is 0.683. The number of rotatable bonds is 5. The lowest BCUT2D eigenvalue weighted by molar-refractivity contribution is -0.178. The van der Waals surface area contributed by atoms with Crippen molar-refractivity contribution in [3.8, 4) is 11.1 Å². The molecular formula is C27H30N2O6. The number of carboxylic acid groups (broad SMARTS) is 1. The van der Waals surface area contributed by atoms with Crippen LogP contribution in [-0.2, 0) is 19.1 Å². The molecule has 3 aliphatic rings. The molecule has 2 amide bonds. The van der Waals surface area contributed by atoms with E-state index < -0.39 is 17.7 Å². The van der Waals surface area contributed by atoms with Gasteiger partial charge in [-0.2, -0.15) is 0 Å². The molecule has 1 saturated heterocycles. The maximum atomic E-state index is 13.0. The number of carbonyl (C=O) groups excluding carboxylic acids is 2. The van der Waals surface area contributed by atoms with Gasteiger partial charge in [0, 0.05) is 24.4 Å². The van der Waals surface area contributed by atoms with Gasteiger partial charge in [-0.3, -0.25) is 4.79 Å². The maximum Gasteiger partial charge on any atom is 0.407 e. The van der Waals surface area contributed by atoms with E-state index in [2.05, 4.69) is 29.6 Å². The molecule has 1 heterocycles. The summed E-state index contributed by atoms with van der Waals surface area (Å²) in [5.41, 5.74) is 3.29. The van der Waals surface area contributed by atoms with Crippen molar-refractivity contribution in [3.63, 3.8) is 0 Å². The molecule has 2 aromatic rings. The van der Waals surface area contributed by atoms with Gasteiger partial charge in [-0.1, -0.05) is 48.5 Å². The van der Waals surface area contributed by atoms with Gasteiger partial charge < -0.3 is 24.8 Å². The zero-order chi connectivity index (χ0) is 24.6. The fourth-order valence-corrected chi connectivity index (χ4v) is 5.59. The first-order chi connectivity index (χ1) is 16.9. The van der Waals surface area contributed by atoms with Crippen LogP contribution in [0.2, 0.25) is 0 Å². The average Bonchev–Trinajstić information content (AvgIpc) is 3.45. The predicted molar refractivity (Wildman–Crippen MR) is 128 cm³/mol. The van der Waals surface area contributed by atoms with Crippen LogP contribution in [0.15, 0.2) is 48.5 Å². The van der Waals surface area contributed by atoms with E-state index in [4.69, 9.17) is 9.47 Å². The second kappa shape index (κ2) is 9.34. The lowest BCUT2D eigenvalue weighted by Crippen LogP contribution is -2.57. The molecule has 1 saturated carbocycles. The molecule has 5 rings (SSSR count). The summed E-state index contributed by atoms with van der Waals surface area (Å²) in [5, 5.41) is 12.3. The van der Waals surface area contributed by atoms with Gasteiger partial charge in [0.1, 0.15) is 6.61 Å². The Morgan fingerprint density at radius 2 is 1.74 bits per heavy atom. The number of benzene rings is 2. The summed E-state index contributed by atoms with van der Waals surface area (Å²) in [6.45, 7) is 2.34. The molecule has 0 spiro atoms. The largest absolute Gasteiger partial charge is 0.479 e. The van der Waals surface area contributed by atoms with Crippen LogP contribution in [0, 0.1) is 5.92 Å². The molecule has 0 bridgehead atoms. The minimum absolute atomic E-state index is 0.00378. The van der Waals surface area contributed by atoms with E-state index in [0.29, 0.717) is 25.8 Å². The second-order valence-corrected chi connectivity index (χ2v) is 9.82. The topological polar surface area (TPSA) is 105 Å². The number of amides is 2. The van der Waals surface area contributed by atoms with Crippen molar-refractivity contribution >= 4 is 18.0 Å². The molecular weight excluding hydrogens is 448 g/mol. The van der Waals surface area contributed by atoms with Crippen molar-refractivity contribution in [1.82, 2.24) is 10.2 Å². The van der Waals surface area contributed by atoms with Gasteiger partial charge in [0.25, 0.3) is 0 Å². The van der Waals surface area contributed by atoms with E-state index >= 15 is 0 Å². The summed E-state index contributed by atoms with van der Waals surface area (Å²) in [4.78, 5) is 38.7. The summed E-state index contributed by atoms with van der Waals surface area (Å²) < 4.78 is 11.0. The van der Waals surface area contributed by atoms with Crippen LogP contribution in [0.4, 0.5) is 4.79 Å². The van der Waals surface area contributed by atoms with Crippen molar-refractivity contribution in [2.45, 2.75) is 43.7 Å². The van der Waals surface area contributed by atoms with E-state index in [1.807, 2.05) is 24.3 Å². The standard InChI is InChI=1S/C27H30N2O6/c1-27(25(31)32)16-29(12-13-35-27)24(30)17-10-11-18(14-17)28-26(33)34-15-23-21-8-4-2-6-19(21)20-7-3-5-9-22(20)23/h2-9,17-18,23H,10-16H2,1H3,(H,28,33)(H,31,32)/t17-,18+,27?/m1/s1. The first-order valence-electron chi connectivity index (χ1n) is 12.1. The van der Waals surface area contributed by atoms with Crippen molar-refractivity contribution in [1.29, 1.82) is 0 Å². The third-order valence-corrected chi connectivity index (χ3v) is 7.49. The Labute approximate surface area is 204 Å². The molecule has 8 heteroatoms. The van der Waals surface area contributed by atoms with Crippen molar-refractivity contribution < 1.29 is 29.0 Å². The van der Waals surface area contributed by atoms with Gasteiger partial charge in [0.15, 0.2) is 5.60 Å². The number of morpholine rings is 1. The molecule has 2 aromatic carbocycles. The minimum atomic E-state index is -1.38. The number of alkyl carbamates (subject to hydrolysis) is 1. The predicted octanol–water partition coefficient (Wildman–Crippen LogP) is 3.40. The number of nitrogens with one attached hydrogen (secondary N) is 1. The van der Waals surface area contributed by atoms with E-state index in [-0.39, 0.29) is 43.5 Å². The maximum absolute atomic E-state index is 13.0. The number of aliphatic carboxylic acids is 1. The molecule has 0 aromatic heterocycles. The summed E-state index contributed by atoms with van der Waals surface area (Å²) in [6.07, 6.45) is 1.37. The van der Waals surface area contributed by atoms with Gasteiger partial charge >= 0.3 is 12.1 Å². The summed E-state index contributed by atoms with van der Waals surface area (Å²) >= 11 is 0. The number of fused-ring (bicyclic) bond motifs is 3. The molecule has 35 heavy (non-hydrogen) atoms. The Morgan fingerprint density at radius 1 is 1.09 bits per heavy atom. The molecule has 2 fully saturated rings. The SMILES string of the molecule is CC1(C(=O)O)CN(C(=O)[C@@H]2CC[C@H](NC(=O)OCC3c4ccccc4-c4ccccc43)C2)CCO1. The third-order valence-electron chi connectivity index (χ3n) is 7.49. The summed E-state index contributed by atoms with van der Waals surface area (Å²) in [5.74, 6) is -1.39. The zero-order valence-electron chi connectivity index (χ0n) is 19.7. The van der Waals surface area contributed by atoms with E-state index in [9.17, 15) is 19.5 Å². The minimum Gasteiger partial charge on any atom is -0.479 e.